The number of amides is 1. The lowest BCUT2D eigenvalue weighted by atomic mass is 9.69. The minimum Gasteiger partial charge on any atom is -0.330 e. The van der Waals surface area contributed by atoms with Crippen molar-refractivity contribution in [2.24, 2.45) is 17.8 Å². The average molecular weight is 201 g/mol. The molecule has 1 heterocycles. The van der Waals surface area contributed by atoms with E-state index in [4.69, 9.17) is 0 Å². The number of carbonyl (C=O) groups is 1. The first-order valence-electron chi connectivity index (χ1n) is 5.69. The Morgan fingerprint density at radius 1 is 1.27 bits per heavy atom. The molecule has 0 aromatic heterocycles. The van der Waals surface area contributed by atoms with Gasteiger partial charge in [0.2, 0.25) is 5.91 Å². The smallest absolute Gasteiger partial charge is 0.224 e. The van der Waals surface area contributed by atoms with Crippen molar-refractivity contribution in [1.82, 2.24) is 5.32 Å². The monoisotopic (exact) mass is 201 g/mol. The molecule has 15 heavy (non-hydrogen) atoms. The molecule has 1 fully saturated rings. The van der Waals surface area contributed by atoms with Crippen molar-refractivity contribution in [3.63, 3.8) is 0 Å². The molecule has 3 aliphatic rings. The molecule has 1 aliphatic heterocycles. The van der Waals surface area contributed by atoms with Crippen molar-refractivity contribution in [2.75, 3.05) is 0 Å². The number of hydrogen-bond acceptors (Lipinski definition) is 1. The number of fused-ring (bicyclic) bond motifs is 3. The van der Waals surface area contributed by atoms with Crippen LogP contribution in [0.1, 0.15) is 19.3 Å². The first kappa shape index (κ1) is 8.96. The fraction of sp³-hybridized carbons (Fsp3) is 0.462. The summed E-state index contributed by atoms with van der Waals surface area (Å²) in [4.78, 5) is 11.3. The van der Waals surface area contributed by atoms with Crippen molar-refractivity contribution < 1.29 is 4.79 Å². The first-order valence-corrected chi connectivity index (χ1v) is 5.69. The van der Waals surface area contributed by atoms with Gasteiger partial charge in [-0.05, 0) is 24.7 Å². The highest BCUT2D eigenvalue weighted by Gasteiger charge is 2.35. The molecule has 78 valence electrons. The highest BCUT2D eigenvalue weighted by Crippen LogP contribution is 2.41. The zero-order chi connectivity index (χ0) is 10.3. The van der Waals surface area contributed by atoms with Gasteiger partial charge in [0, 0.05) is 18.0 Å². The fourth-order valence-corrected chi connectivity index (χ4v) is 2.96. The third-order valence-corrected chi connectivity index (χ3v) is 3.74. The number of rotatable bonds is 0. The Morgan fingerprint density at radius 3 is 3.07 bits per heavy atom. The fourth-order valence-electron chi connectivity index (χ4n) is 2.96. The minimum absolute atomic E-state index is 0.186. The molecule has 0 bridgehead atoms. The number of nitrogens with one attached hydrogen (secondary N) is 1. The Morgan fingerprint density at radius 2 is 2.13 bits per heavy atom. The van der Waals surface area contributed by atoms with E-state index in [0.717, 1.165) is 12.8 Å². The van der Waals surface area contributed by atoms with Gasteiger partial charge in [-0.1, -0.05) is 30.4 Å². The highest BCUT2D eigenvalue weighted by atomic mass is 16.1. The molecule has 1 N–H and O–H groups in total. The van der Waals surface area contributed by atoms with E-state index in [1.165, 1.54) is 5.70 Å². The van der Waals surface area contributed by atoms with Gasteiger partial charge in [-0.2, -0.15) is 0 Å². The minimum atomic E-state index is 0.186. The maximum Gasteiger partial charge on any atom is 0.224 e. The summed E-state index contributed by atoms with van der Waals surface area (Å²) in [7, 11) is 0. The number of carbonyl (C=O) groups excluding carboxylic acids is 1. The van der Waals surface area contributed by atoms with Crippen molar-refractivity contribution in [1.29, 1.82) is 0 Å². The summed E-state index contributed by atoms with van der Waals surface area (Å²) in [6, 6.07) is 0. The van der Waals surface area contributed by atoms with Crippen LogP contribution in [0.15, 0.2) is 36.1 Å². The van der Waals surface area contributed by atoms with Gasteiger partial charge in [0.05, 0.1) is 0 Å². The molecular weight excluding hydrogens is 186 g/mol. The van der Waals surface area contributed by atoms with Crippen LogP contribution in [0.25, 0.3) is 0 Å². The van der Waals surface area contributed by atoms with Crippen molar-refractivity contribution >= 4 is 5.91 Å². The topological polar surface area (TPSA) is 29.1 Å². The normalized spacial score (nSPS) is 37.7. The molecule has 2 heteroatoms. The SMILES string of the molecule is O=C1CCC2C(=CCC3C=CC=CC32)N1. The van der Waals surface area contributed by atoms with Crippen molar-refractivity contribution in [3.8, 4) is 0 Å². The van der Waals surface area contributed by atoms with E-state index in [9.17, 15) is 4.79 Å². The summed E-state index contributed by atoms with van der Waals surface area (Å²) in [5.74, 6) is 1.99. The van der Waals surface area contributed by atoms with Crippen LogP contribution in [0.2, 0.25) is 0 Å². The van der Waals surface area contributed by atoms with Gasteiger partial charge < -0.3 is 5.32 Å². The molecule has 0 spiro atoms. The van der Waals surface area contributed by atoms with Gasteiger partial charge in [0.1, 0.15) is 0 Å². The first-order chi connectivity index (χ1) is 7.34. The highest BCUT2D eigenvalue weighted by molar-refractivity contribution is 5.79. The Kier molecular flexibility index (Phi) is 2.01. The molecule has 0 saturated carbocycles. The molecule has 2 aliphatic carbocycles. The largest absolute Gasteiger partial charge is 0.330 e. The molecule has 3 rings (SSSR count). The standard InChI is InChI=1S/C13H15NO/c15-13-8-6-11-10-4-2-1-3-9(10)5-7-12(11)14-13/h1-4,7,9-11H,5-6,8H2,(H,14,15). The summed E-state index contributed by atoms with van der Waals surface area (Å²) in [6.07, 6.45) is 13.9. The summed E-state index contributed by atoms with van der Waals surface area (Å²) in [5, 5.41) is 3.02. The zero-order valence-electron chi connectivity index (χ0n) is 8.65. The van der Waals surface area contributed by atoms with Crippen LogP contribution >= 0.6 is 0 Å². The lowest BCUT2D eigenvalue weighted by Gasteiger charge is -2.39. The molecule has 0 aromatic rings. The number of piperidine rings is 1. The van der Waals surface area contributed by atoms with Gasteiger partial charge in [0.15, 0.2) is 0 Å². The maximum atomic E-state index is 11.3. The van der Waals surface area contributed by atoms with Crippen LogP contribution in [0.3, 0.4) is 0 Å². The number of hydrogen-bond donors (Lipinski definition) is 1. The van der Waals surface area contributed by atoms with Gasteiger partial charge in [-0.15, -0.1) is 0 Å². The quantitative estimate of drug-likeness (QED) is 0.639. The predicted octanol–water partition coefficient (Wildman–Crippen LogP) is 2.16. The molecule has 0 radical (unpaired) electrons. The molecule has 0 aromatic carbocycles. The van der Waals surface area contributed by atoms with Crippen molar-refractivity contribution in [3.05, 3.63) is 36.1 Å². The Labute approximate surface area is 89.7 Å². The van der Waals surface area contributed by atoms with Gasteiger partial charge in [-0.25, -0.2) is 0 Å². The van der Waals surface area contributed by atoms with E-state index in [1.807, 2.05) is 0 Å². The van der Waals surface area contributed by atoms with Gasteiger partial charge >= 0.3 is 0 Å². The van der Waals surface area contributed by atoms with Crippen LogP contribution in [-0.2, 0) is 4.79 Å². The van der Waals surface area contributed by atoms with Gasteiger partial charge in [-0.3, -0.25) is 4.79 Å². The Hall–Kier alpha value is -1.31. The zero-order valence-corrected chi connectivity index (χ0v) is 8.65. The van der Waals surface area contributed by atoms with Crippen LogP contribution in [0, 0.1) is 17.8 Å². The molecular formula is C13H15NO. The maximum absolute atomic E-state index is 11.3. The van der Waals surface area contributed by atoms with E-state index in [1.54, 1.807) is 0 Å². The second kappa shape index (κ2) is 3.37. The van der Waals surface area contributed by atoms with E-state index in [2.05, 4.69) is 35.7 Å². The molecule has 1 saturated heterocycles. The Bertz CT molecular complexity index is 378. The van der Waals surface area contributed by atoms with Crippen molar-refractivity contribution in [2.45, 2.75) is 19.3 Å². The average Bonchev–Trinajstić information content (AvgIpc) is 2.28. The summed E-state index contributed by atoms with van der Waals surface area (Å²) in [6.45, 7) is 0. The third kappa shape index (κ3) is 1.44. The molecule has 3 atom stereocenters. The van der Waals surface area contributed by atoms with E-state index >= 15 is 0 Å². The molecule has 3 unspecified atom stereocenters. The van der Waals surface area contributed by atoms with E-state index < -0.39 is 0 Å². The summed E-state index contributed by atoms with van der Waals surface area (Å²) in [5.41, 5.74) is 1.17. The van der Waals surface area contributed by atoms with E-state index in [-0.39, 0.29) is 5.91 Å². The predicted molar refractivity (Wildman–Crippen MR) is 58.8 cm³/mol. The van der Waals surface area contributed by atoms with Crippen LogP contribution in [0.5, 0.6) is 0 Å². The van der Waals surface area contributed by atoms with Crippen LogP contribution in [0.4, 0.5) is 0 Å². The second-order valence-electron chi connectivity index (χ2n) is 4.60. The number of allylic oxidation sites excluding steroid dienone is 6. The van der Waals surface area contributed by atoms with E-state index in [0.29, 0.717) is 24.2 Å². The second-order valence-corrected chi connectivity index (χ2v) is 4.60. The van der Waals surface area contributed by atoms with Crippen LogP contribution in [-0.4, -0.2) is 5.91 Å². The summed E-state index contributed by atoms with van der Waals surface area (Å²) < 4.78 is 0. The molecule has 2 nitrogen and oxygen atoms in total. The van der Waals surface area contributed by atoms with Crippen LogP contribution < -0.4 is 5.32 Å². The lowest BCUT2D eigenvalue weighted by molar-refractivity contribution is -0.122. The summed E-state index contributed by atoms with van der Waals surface area (Å²) >= 11 is 0. The Balaban J connectivity index is 1.91. The van der Waals surface area contributed by atoms with Gasteiger partial charge in [0.25, 0.3) is 0 Å². The lowest BCUT2D eigenvalue weighted by Crippen LogP contribution is -2.40. The third-order valence-electron chi connectivity index (χ3n) is 3.74. The molecule has 1 amide bonds.